The fraction of sp³-hybridized carbons (Fsp3) is 0.467. The van der Waals surface area contributed by atoms with E-state index >= 15 is 0 Å². The number of carbonyl (C=O) groups is 2. The Morgan fingerprint density at radius 3 is 2.70 bits per heavy atom. The molecule has 1 aliphatic heterocycles. The Kier molecular flexibility index (Phi) is 4.33. The Hall–Kier alpha value is -1.55. The predicted octanol–water partition coefficient (Wildman–Crippen LogP) is 2.67. The van der Waals surface area contributed by atoms with Gasteiger partial charge in [-0.1, -0.05) is 31.0 Å². The van der Waals surface area contributed by atoms with Crippen molar-refractivity contribution in [1.82, 2.24) is 5.32 Å². The van der Waals surface area contributed by atoms with Gasteiger partial charge in [0.1, 0.15) is 12.1 Å². The Morgan fingerprint density at radius 1 is 1.35 bits per heavy atom. The second kappa shape index (κ2) is 5.83. The van der Waals surface area contributed by atoms with Gasteiger partial charge in [-0.2, -0.15) is 0 Å². The lowest BCUT2D eigenvalue weighted by Crippen LogP contribution is -2.62. The van der Waals surface area contributed by atoms with Gasteiger partial charge in [0.05, 0.1) is 10.7 Å². The van der Waals surface area contributed by atoms with Gasteiger partial charge >= 0.3 is 0 Å². The first kappa shape index (κ1) is 14.9. The van der Waals surface area contributed by atoms with E-state index < -0.39 is 12.1 Å². The summed E-state index contributed by atoms with van der Waals surface area (Å²) in [6.07, 6.45) is 1.47. The second-order valence-electron chi connectivity index (χ2n) is 5.19. The monoisotopic (exact) mass is 294 g/mol. The summed E-state index contributed by atoms with van der Waals surface area (Å²) in [5.41, 5.74) is 1.61. The minimum atomic E-state index is -0.546. The topological polar surface area (TPSA) is 49.4 Å². The number of amides is 2. The molecule has 1 fully saturated rings. The lowest BCUT2D eigenvalue weighted by atomic mass is 10.0. The van der Waals surface area contributed by atoms with Crippen LogP contribution in [-0.4, -0.2) is 23.9 Å². The molecule has 5 heteroatoms. The van der Waals surface area contributed by atoms with Gasteiger partial charge < -0.3 is 5.32 Å². The van der Waals surface area contributed by atoms with Crippen LogP contribution in [0.25, 0.3) is 0 Å². The summed E-state index contributed by atoms with van der Waals surface area (Å²) in [6.45, 7) is 5.64. The molecule has 0 radical (unpaired) electrons. The molecule has 2 rings (SSSR count). The fourth-order valence-corrected chi connectivity index (χ4v) is 2.66. The van der Waals surface area contributed by atoms with Crippen LogP contribution in [0.3, 0.4) is 0 Å². The highest BCUT2D eigenvalue weighted by Crippen LogP contribution is 2.30. The van der Waals surface area contributed by atoms with Gasteiger partial charge in [0.15, 0.2) is 0 Å². The molecule has 2 atom stereocenters. The summed E-state index contributed by atoms with van der Waals surface area (Å²) in [4.78, 5) is 26.2. The smallest absolute Gasteiger partial charge is 0.250 e. The largest absolute Gasteiger partial charge is 0.342 e. The number of hydrogen-bond acceptors (Lipinski definition) is 2. The summed E-state index contributed by atoms with van der Waals surface area (Å²) in [5, 5.41) is 3.26. The molecule has 1 saturated heterocycles. The predicted molar refractivity (Wildman–Crippen MR) is 80.0 cm³/mol. The molecule has 1 aromatic carbocycles. The third kappa shape index (κ3) is 2.66. The van der Waals surface area contributed by atoms with Gasteiger partial charge in [0, 0.05) is 0 Å². The van der Waals surface area contributed by atoms with Crippen molar-refractivity contribution in [1.29, 1.82) is 0 Å². The summed E-state index contributed by atoms with van der Waals surface area (Å²) in [7, 11) is 0. The molecule has 0 aromatic heterocycles. The summed E-state index contributed by atoms with van der Waals surface area (Å²) < 4.78 is 0. The van der Waals surface area contributed by atoms with Crippen molar-refractivity contribution in [2.75, 3.05) is 4.90 Å². The van der Waals surface area contributed by atoms with Gasteiger partial charge in [-0.3, -0.25) is 14.5 Å². The maximum atomic E-state index is 12.6. The van der Waals surface area contributed by atoms with E-state index in [4.69, 9.17) is 11.6 Å². The van der Waals surface area contributed by atoms with Crippen molar-refractivity contribution >= 4 is 29.1 Å². The number of nitrogens with zero attached hydrogens (tertiary/aromatic N) is 1. The Morgan fingerprint density at radius 2 is 2.05 bits per heavy atom. The summed E-state index contributed by atoms with van der Waals surface area (Å²) in [6, 6.07) is 4.48. The molecule has 0 bridgehead atoms. The molecule has 0 spiro atoms. The number of benzene rings is 1. The first-order chi connectivity index (χ1) is 9.45. The average molecular weight is 295 g/mol. The van der Waals surface area contributed by atoms with E-state index in [1.165, 1.54) is 4.90 Å². The molecule has 1 aliphatic rings. The van der Waals surface area contributed by atoms with Crippen LogP contribution in [0.1, 0.15) is 32.3 Å². The Labute approximate surface area is 124 Å². The molecule has 4 nitrogen and oxygen atoms in total. The molecule has 108 valence electrons. The first-order valence-corrected chi connectivity index (χ1v) is 7.23. The number of piperazine rings is 1. The summed E-state index contributed by atoms with van der Waals surface area (Å²) >= 11 is 6.21. The zero-order chi connectivity index (χ0) is 14.9. The maximum Gasteiger partial charge on any atom is 0.250 e. The number of rotatable bonds is 3. The average Bonchev–Trinajstić information content (AvgIpc) is 2.40. The normalized spacial score (nSPS) is 22.9. The van der Waals surface area contributed by atoms with Crippen LogP contribution < -0.4 is 10.2 Å². The van der Waals surface area contributed by atoms with Crippen molar-refractivity contribution in [3.63, 3.8) is 0 Å². The number of carbonyl (C=O) groups excluding carboxylic acids is 2. The summed E-state index contributed by atoms with van der Waals surface area (Å²) in [5.74, 6) is -0.230. The number of hydrogen-bond donors (Lipinski definition) is 1. The number of halogens is 1. The SMILES string of the molecule is CCCC1NC(=O)C(C)N(c2cc(C)ccc2Cl)C1=O. The molecule has 20 heavy (non-hydrogen) atoms. The van der Waals surface area contributed by atoms with Crippen molar-refractivity contribution in [3.8, 4) is 0 Å². The lowest BCUT2D eigenvalue weighted by molar-refractivity contribution is -0.133. The maximum absolute atomic E-state index is 12.6. The molecular weight excluding hydrogens is 276 g/mol. The van der Waals surface area contributed by atoms with Crippen LogP contribution in [0.5, 0.6) is 0 Å². The van der Waals surface area contributed by atoms with Gasteiger partial charge in [0.25, 0.3) is 0 Å². The molecule has 2 unspecified atom stereocenters. The fourth-order valence-electron chi connectivity index (χ4n) is 2.45. The minimum Gasteiger partial charge on any atom is -0.342 e. The Bertz CT molecular complexity index is 545. The van der Waals surface area contributed by atoms with E-state index in [2.05, 4.69) is 5.32 Å². The van der Waals surface area contributed by atoms with Crippen molar-refractivity contribution < 1.29 is 9.59 Å². The lowest BCUT2D eigenvalue weighted by Gasteiger charge is -2.37. The zero-order valence-electron chi connectivity index (χ0n) is 11.9. The van der Waals surface area contributed by atoms with E-state index in [9.17, 15) is 9.59 Å². The first-order valence-electron chi connectivity index (χ1n) is 6.85. The number of anilines is 1. The Balaban J connectivity index is 2.43. The van der Waals surface area contributed by atoms with E-state index in [0.29, 0.717) is 17.1 Å². The molecule has 0 saturated carbocycles. The van der Waals surface area contributed by atoms with Crippen LogP contribution in [0.4, 0.5) is 5.69 Å². The van der Waals surface area contributed by atoms with Crippen molar-refractivity contribution in [3.05, 3.63) is 28.8 Å². The van der Waals surface area contributed by atoms with Crippen LogP contribution in [-0.2, 0) is 9.59 Å². The van der Waals surface area contributed by atoms with Crippen LogP contribution in [0.15, 0.2) is 18.2 Å². The highest BCUT2D eigenvalue weighted by atomic mass is 35.5. The third-order valence-corrected chi connectivity index (χ3v) is 3.88. The quantitative estimate of drug-likeness (QED) is 0.932. The molecular formula is C15H19ClN2O2. The van der Waals surface area contributed by atoms with Gasteiger partial charge in [-0.25, -0.2) is 0 Å². The van der Waals surface area contributed by atoms with Crippen LogP contribution in [0.2, 0.25) is 5.02 Å². The van der Waals surface area contributed by atoms with E-state index in [-0.39, 0.29) is 11.8 Å². The molecule has 1 aromatic rings. The second-order valence-corrected chi connectivity index (χ2v) is 5.60. The molecule has 1 heterocycles. The number of aryl methyl sites for hydroxylation is 1. The molecule has 1 N–H and O–H groups in total. The third-order valence-electron chi connectivity index (χ3n) is 3.56. The van der Waals surface area contributed by atoms with E-state index in [1.807, 2.05) is 26.0 Å². The van der Waals surface area contributed by atoms with Crippen molar-refractivity contribution in [2.45, 2.75) is 45.7 Å². The molecule has 0 aliphatic carbocycles. The van der Waals surface area contributed by atoms with Crippen LogP contribution in [0, 0.1) is 6.92 Å². The van der Waals surface area contributed by atoms with E-state index in [0.717, 1.165) is 12.0 Å². The van der Waals surface area contributed by atoms with Gasteiger partial charge in [0.2, 0.25) is 11.8 Å². The van der Waals surface area contributed by atoms with Crippen molar-refractivity contribution in [2.24, 2.45) is 0 Å². The minimum absolute atomic E-state index is 0.0912. The standard InChI is InChI=1S/C15H19ClN2O2/c1-4-5-12-15(20)18(10(3)14(19)17-12)13-8-9(2)6-7-11(13)16/h6-8,10,12H,4-5H2,1-3H3,(H,17,19). The van der Waals surface area contributed by atoms with Gasteiger partial charge in [-0.05, 0) is 38.0 Å². The van der Waals surface area contributed by atoms with E-state index in [1.54, 1.807) is 13.0 Å². The highest BCUT2D eigenvalue weighted by molar-refractivity contribution is 6.34. The highest BCUT2D eigenvalue weighted by Gasteiger charge is 2.39. The van der Waals surface area contributed by atoms with Crippen LogP contribution >= 0.6 is 11.6 Å². The molecule has 2 amide bonds. The van der Waals surface area contributed by atoms with Gasteiger partial charge in [-0.15, -0.1) is 0 Å². The zero-order valence-corrected chi connectivity index (χ0v) is 12.7. The number of nitrogens with one attached hydrogen (secondary N) is 1.